The first kappa shape index (κ1) is 30.0. The number of rotatable bonds is 8. The van der Waals surface area contributed by atoms with E-state index in [1.807, 2.05) is 0 Å². The minimum Gasteiger partial charge on any atom is -0.462 e. The monoisotopic (exact) mass is 546 g/mol. The quantitative estimate of drug-likeness (QED) is 0.185. The maximum Gasteiger partial charge on any atom is 0.303 e. The molecule has 0 aromatic rings. The Morgan fingerprint density at radius 3 is 2.36 bits per heavy atom. The highest BCUT2D eigenvalue weighted by Crippen LogP contribution is 2.69. The third-order valence-electron chi connectivity index (χ3n) is 11.6. The number of hydrazone groups is 1. The van der Waals surface area contributed by atoms with E-state index in [1.165, 1.54) is 39.5 Å². The normalized spacial score (nSPS) is 41.3. The Labute approximate surface area is 234 Å². The van der Waals surface area contributed by atoms with E-state index in [2.05, 4.69) is 39.7 Å². The lowest BCUT2D eigenvalue weighted by molar-refractivity contribution is -0.486. The average molecular weight is 547 g/mol. The number of hydrogen-bond acceptors (Lipinski definition) is 6. The predicted molar refractivity (Wildman–Crippen MR) is 149 cm³/mol. The second-order valence-corrected chi connectivity index (χ2v) is 14.2. The van der Waals surface area contributed by atoms with Crippen LogP contribution in [0.25, 0.3) is 0 Å². The molecular formula is C31H50N2O6. The molecule has 39 heavy (non-hydrogen) atoms. The Kier molecular flexibility index (Phi) is 8.55. The summed E-state index contributed by atoms with van der Waals surface area (Å²) in [4.78, 5) is 36.3. The van der Waals surface area contributed by atoms with Crippen molar-refractivity contribution < 1.29 is 24.1 Å². The molecule has 8 nitrogen and oxygen atoms in total. The van der Waals surface area contributed by atoms with Crippen molar-refractivity contribution in [2.45, 2.75) is 131 Å². The summed E-state index contributed by atoms with van der Waals surface area (Å²) in [5, 5.41) is 15.2. The summed E-state index contributed by atoms with van der Waals surface area (Å²) >= 11 is 0. The zero-order valence-corrected chi connectivity index (χ0v) is 25.2. The van der Waals surface area contributed by atoms with Crippen molar-refractivity contribution in [3.8, 4) is 0 Å². The fraction of sp³-hybridized carbons (Fsp3) is 0.903. The molecule has 0 aliphatic heterocycles. The number of esters is 2. The molecule has 0 spiro atoms. The standard InChI is InChI=1S/C31H50N2O6/c1-19(2)9-8-10-20(3)25-11-12-26-24-17-28(32-33(36)37)31(39-22(5)35)18-23(38-21(4)34)13-16-30(31,7)27(24)14-15-29(25,26)6/h19-20,23-27H,8-18H2,1-7H3/b32-28-/t20-,23+,24-,25-,26-,27-,29-,30-,31+/m1/s1. The smallest absolute Gasteiger partial charge is 0.303 e. The minimum absolute atomic E-state index is 0.213. The first-order valence-corrected chi connectivity index (χ1v) is 15.3. The third kappa shape index (κ3) is 5.38. The topological polar surface area (TPSA) is 108 Å². The van der Waals surface area contributed by atoms with Crippen molar-refractivity contribution in [3.05, 3.63) is 10.1 Å². The Morgan fingerprint density at radius 2 is 1.74 bits per heavy atom. The summed E-state index contributed by atoms with van der Waals surface area (Å²) in [7, 11) is 0. The summed E-state index contributed by atoms with van der Waals surface area (Å²) in [5.41, 5.74) is -1.16. The zero-order valence-electron chi connectivity index (χ0n) is 25.2. The predicted octanol–water partition coefficient (Wildman–Crippen LogP) is 6.97. The summed E-state index contributed by atoms with van der Waals surface area (Å²) in [6.07, 6.45) is 9.91. The Balaban J connectivity index is 1.69. The van der Waals surface area contributed by atoms with Crippen molar-refractivity contribution in [2.75, 3.05) is 0 Å². The van der Waals surface area contributed by atoms with E-state index in [9.17, 15) is 19.7 Å². The molecule has 0 aromatic heterocycles. The molecule has 0 aromatic carbocycles. The lowest BCUT2D eigenvalue weighted by atomic mass is 9.42. The van der Waals surface area contributed by atoms with E-state index in [0.29, 0.717) is 42.7 Å². The van der Waals surface area contributed by atoms with E-state index in [-0.39, 0.29) is 23.7 Å². The van der Waals surface area contributed by atoms with Crippen LogP contribution in [-0.2, 0) is 19.1 Å². The van der Waals surface area contributed by atoms with Gasteiger partial charge in [-0.05, 0) is 85.9 Å². The number of carbonyl (C=O) groups is 2. The summed E-state index contributed by atoms with van der Waals surface area (Å²) < 4.78 is 11.8. The van der Waals surface area contributed by atoms with Gasteiger partial charge in [0.05, 0.1) is 5.10 Å². The van der Waals surface area contributed by atoms with Gasteiger partial charge in [0.25, 0.3) is 0 Å². The van der Waals surface area contributed by atoms with Crippen LogP contribution in [0.3, 0.4) is 0 Å². The lowest BCUT2D eigenvalue weighted by Crippen LogP contribution is -2.69. The molecule has 9 atom stereocenters. The molecule has 4 aliphatic rings. The van der Waals surface area contributed by atoms with E-state index in [0.717, 1.165) is 25.2 Å². The van der Waals surface area contributed by atoms with E-state index in [1.54, 1.807) is 0 Å². The van der Waals surface area contributed by atoms with Crippen LogP contribution in [0.4, 0.5) is 0 Å². The largest absolute Gasteiger partial charge is 0.462 e. The van der Waals surface area contributed by atoms with Crippen molar-refractivity contribution in [3.63, 3.8) is 0 Å². The van der Waals surface area contributed by atoms with Crippen LogP contribution in [0.15, 0.2) is 5.10 Å². The lowest BCUT2D eigenvalue weighted by Gasteiger charge is -2.64. The van der Waals surface area contributed by atoms with Gasteiger partial charge in [-0.2, -0.15) is 0 Å². The van der Waals surface area contributed by atoms with Gasteiger partial charge in [-0.25, -0.2) is 10.1 Å². The fourth-order valence-corrected chi connectivity index (χ4v) is 10.0. The molecule has 4 rings (SSSR count). The fourth-order valence-electron chi connectivity index (χ4n) is 10.0. The van der Waals surface area contributed by atoms with Gasteiger partial charge in [0.1, 0.15) is 11.8 Å². The van der Waals surface area contributed by atoms with Crippen LogP contribution >= 0.6 is 0 Å². The number of nitro groups is 1. The molecule has 4 fully saturated rings. The van der Waals surface area contributed by atoms with Crippen molar-refractivity contribution in [1.29, 1.82) is 0 Å². The number of fused-ring (bicyclic) bond motifs is 5. The molecule has 0 radical (unpaired) electrons. The van der Waals surface area contributed by atoms with Crippen LogP contribution in [0.5, 0.6) is 0 Å². The van der Waals surface area contributed by atoms with Crippen LogP contribution in [0.2, 0.25) is 0 Å². The number of carbonyl (C=O) groups excluding carboxylic acids is 2. The average Bonchev–Trinajstić information content (AvgIpc) is 3.16. The van der Waals surface area contributed by atoms with Crippen molar-refractivity contribution in [1.82, 2.24) is 0 Å². The van der Waals surface area contributed by atoms with Crippen LogP contribution < -0.4 is 0 Å². The summed E-state index contributed by atoms with van der Waals surface area (Å²) in [5.74, 6) is 2.22. The third-order valence-corrected chi connectivity index (χ3v) is 11.6. The number of ether oxygens (including phenoxy) is 2. The Bertz CT molecular complexity index is 996. The SMILES string of the molecule is CC(=O)O[C@H]1CC[C@]2(C)[C@@H]3CC[C@@]4(C)[C@H](CC[C@@H]4[C@H](C)CCCC(C)C)[C@H]3C/C(=N/[N+](=O)[O-])[C@@]2(OC(C)=O)C1. The van der Waals surface area contributed by atoms with Gasteiger partial charge in [0, 0.05) is 25.7 Å². The molecule has 0 bridgehead atoms. The molecule has 0 saturated heterocycles. The molecule has 8 heteroatoms. The minimum atomic E-state index is -1.23. The van der Waals surface area contributed by atoms with Crippen LogP contribution in [0.1, 0.15) is 119 Å². The second kappa shape index (κ2) is 11.1. The first-order valence-electron chi connectivity index (χ1n) is 15.3. The van der Waals surface area contributed by atoms with Gasteiger partial charge in [-0.15, -0.1) is 0 Å². The zero-order chi connectivity index (χ0) is 28.8. The molecule has 0 heterocycles. The first-order chi connectivity index (χ1) is 18.2. The highest BCUT2D eigenvalue weighted by molar-refractivity contribution is 5.96. The second-order valence-electron chi connectivity index (χ2n) is 14.2. The molecular weight excluding hydrogens is 496 g/mol. The van der Waals surface area contributed by atoms with Crippen molar-refractivity contribution in [2.24, 2.45) is 51.4 Å². The Morgan fingerprint density at radius 1 is 1.03 bits per heavy atom. The van der Waals surface area contributed by atoms with Crippen molar-refractivity contribution >= 4 is 17.7 Å². The molecule has 0 amide bonds. The summed E-state index contributed by atoms with van der Waals surface area (Å²) in [6, 6.07) is 0. The molecule has 0 N–H and O–H groups in total. The highest BCUT2D eigenvalue weighted by Gasteiger charge is 2.70. The van der Waals surface area contributed by atoms with Gasteiger partial charge in [-0.1, -0.05) is 53.9 Å². The maximum absolute atomic E-state index is 12.5. The maximum atomic E-state index is 12.5. The van der Waals surface area contributed by atoms with E-state index in [4.69, 9.17) is 9.47 Å². The van der Waals surface area contributed by atoms with Gasteiger partial charge in [-0.3, -0.25) is 9.59 Å². The molecule has 4 aliphatic carbocycles. The number of nitrogens with zero attached hydrogens (tertiary/aromatic N) is 2. The van der Waals surface area contributed by atoms with Crippen LogP contribution in [0, 0.1) is 56.5 Å². The summed E-state index contributed by atoms with van der Waals surface area (Å²) in [6.45, 7) is 14.4. The molecule has 4 saturated carbocycles. The van der Waals surface area contributed by atoms with Gasteiger partial charge < -0.3 is 9.47 Å². The van der Waals surface area contributed by atoms with Gasteiger partial charge >= 0.3 is 11.9 Å². The highest BCUT2D eigenvalue weighted by atomic mass is 16.7. The Hall–Kier alpha value is -1.99. The molecule has 220 valence electrons. The van der Waals surface area contributed by atoms with E-state index >= 15 is 0 Å². The van der Waals surface area contributed by atoms with Gasteiger partial charge in [0.15, 0.2) is 10.6 Å². The van der Waals surface area contributed by atoms with Crippen LogP contribution in [-0.4, -0.2) is 34.4 Å². The number of hydrogen-bond donors (Lipinski definition) is 0. The van der Waals surface area contributed by atoms with E-state index < -0.39 is 34.1 Å². The molecule has 0 unspecified atom stereocenters. The van der Waals surface area contributed by atoms with Gasteiger partial charge in [0.2, 0.25) is 0 Å².